The Bertz CT molecular complexity index is 546. The van der Waals surface area contributed by atoms with Crippen LogP contribution in [0, 0.1) is 0 Å². The van der Waals surface area contributed by atoms with Crippen molar-refractivity contribution in [1.29, 1.82) is 0 Å². The third kappa shape index (κ3) is 3.08. The van der Waals surface area contributed by atoms with Crippen LogP contribution in [-0.2, 0) is 6.54 Å². The molecule has 0 aliphatic heterocycles. The summed E-state index contributed by atoms with van der Waals surface area (Å²) < 4.78 is 37.2. The van der Waals surface area contributed by atoms with E-state index in [1.54, 1.807) is 0 Å². The Morgan fingerprint density at radius 1 is 1.50 bits per heavy atom. The molecule has 2 rings (SSSR count). The zero-order chi connectivity index (χ0) is 15.0. The highest BCUT2D eigenvalue weighted by Gasteiger charge is 2.36. The average Bonchev–Trinajstić information content (AvgIpc) is 2.31. The molecule has 112 valence electrons. The van der Waals surface area contributed by atoms with E-state index >= 15 is 0 Å². The fourth-order valence-corrected chi connectivity index (χ4v) is 2.48. The third-order valence-corrected chi connectivity index (χ3v) is 4.07. The van der Waals surface area contributed by atoms with Gasteiger partial charge in [-0.3, -0.25) is 4.79 Å². The zero-order valence-corrected chi connectivity index (χ0v) is 11.7. The number of hydrogen-bond donors (Lipinski definition) is 1. The normalized spacial score (nSPS) is 17.6. The fraction of sp³-hybridized carbons (Fsp3) is 0.667. The molecule has 0 spiro atoms. The number of anilines is 1. The number of nitrogens with one attached hydrogen (secondary N) is 1. The third-order valence-electron chi connectivity index (χ3n) is 3.70. The van der Waals surface area contributed by atoms with E-state index < -0.39 is 18.3 Å². The van der Waals surface area contributed by atoms with Gasteiger partial charge in [-0.05, 0) is 25.7 Å². The summed E-state index contributed by atoms with van der Waals surface area (Å²) in [6.45, 7) is 0.573. The van der Waals surface area contributed by atoms with Gasteiger partial charge in [-0.15, -0.1) is 0 Å². The number of alkyl halides is 3. The maximum absolute atomic E-state index is 12.3. The predicted molar refractivity (Wildman–Crippen MR) is 70.1 cm³/mol. The fourth-order valence-electron chi connectivity index (χ4n) is 2.29. The van der Waals surface area contributed by atoms with E-state index in [0.717, 1.165) is 25.7 Å². The summed E-state index contributed by atoms with van der Waals surface area (Å²) in [6, 6.07) is 0. The van der Waals surface area contributed by atoms with E-state index in [0.29, 0.717) is 10.4 Å². The van der Waals surface area contributed by atoms with Gasteiger partial charge < -0.3 is 5.32 Å². The summed E-state index contributed by atoms with van der Waals surface area (Å²) in [5, 5.41) is 6.44. The van der Waals surface area contributed by atoms with Crippen LogP contribution in [0.5, 0.6) is 0 Å². The van der Waals surface area contributed by atoms with Gasteiger partial charge in [-0.2, -0.15) is 18.3 Å². The Morgan fingerprint density at radius 3 is 2.60 bits per heavy atom. The number of halogens is 4. The van der Waals surface area contributed by atoms with Crippen LogP contribution in [-0.4, -0.2) is 21.5 Å². The molecule has 1 aliphatic rings. The number of nitrogens with zero attached hydrogens (tertiary/aromatic N) is 2. The van der Waals surface area contributed by atoms with Crippen LogP contribution >= 0.6 is 11.6 Å². The van der Waals surface area contributed by atoms with Gasteiger partial charge in [0.25, 0.3) is 5.56 Å². The highest BCUT2D eigenvalue weighted by Crippen LogP contribution is 2.38. The Balaban J connectivity index is 2.25. The monoisotopic (exact) mass is 309 g/mol. The highest BCUT2D eigenvalue weighted by molar-refractivity contribution is 6.32. The Kier molecular flexibility index (Phi) is 4.00. The first-order valence-electron chi connectivity index (χ1n) is 6.37. The minimum absolute atomic E-state index is 0.117. The van der Waals surface area contributed by atoms with Crippen molar-refractivity contribution < 1.29 is 13.2 Å². The van der Waals surface area contributed by atoms with Gasteiger partial charge in [0.05, 0.1) is 11.9 Å². The predicted octanol–water partition coefficient (Wildman–Crippen LogP) is 3.20. The molecular weight excluding hydrogens is 295 g/mol. The van der Waals surface area contributed by atoms with Crippen LogP contribution in [0.4, 0.5) is 18.9 Å². The lowest BCUT2D eigenvalue weighted by Crippen LogP contribution is -2.45. The number of hydrogen-bond acceptors (Lipinski definition) is 3. The molecular formula is C12H15ClF3N3O. The molecule has 1 fully saturated rings. The van der Waals surface area contributed by atoms with Crippen molar-refractivity contribution >= 4 is 17.3 Å². The van der Waals surface area contributed by atoms with Gasteiger partial charge >= 0.3 is 6.18 Å². The van der Waals surface area contributed by atoms with Crippen molar-refractivity contribution in [3.8, 4) is 0 Å². The second-order valence-electron chi connectivity index (χ2n) is 5.06. The average molecular weight is 310 g/mol. The second-order valence-corrected chi connectivity index (χ2v) is 5.44. The lowest BCUT2D eigenvalue weighted by atomic mass is 9.75. The molecule has 20 heavy (non-hydrogen) atoms. The number of rotatable bonds is 4. The first-order chi connectivity index (χ1) is 9.26. The van der Waals surface area contributed by atoms with Gasteiger partial charge in [-0.25, -0.2) is 4.68 Å². The van der Waals surface area contributed by atoms with Crippen LogP contribution in [0.15, 0.2) is 11.0 Å². The maximum Gasteiger partial charge on any atom is 0.408 e. The van der Waals surface area contributed by atoms with E-state index in [9.17, 15) is 18.0 Å². The van der Waals surface area contributed by atoms with E-state index in [1.807, 2.05) is 6.92 Å². The molecule has 0 aromatic carbocycles. The molecule has 1 aromatic heterocycles. The van der Waals surface area contributed by atoms with Crippen LogP contribution < -0.4 is 10.9 Å². The minimum atomic E-state index is -4.51. The first kappa shape index (κ1) is 15.2. The molecule has 1 heterocycles. The van der Waals surface area contributed by atoms with Gasteiger partial charge in [0.1, 0.15) is 11.6 Å². The molecule has 0 bridgehead atoms. The number of aromatic nitrogens is 2. The Labute approximate surface area is 118 Å². The van der Waals surface area contributed by atoms with Crippen molar-refractivity contribution in [3.05, 3.63) is 21.6 Å². The van der Waals surface area contributed by atoms with Crippen molar-refractivity contribution in [1.82, 2.24) is 9.78 Å². The molecule has 8 heteroatoms. The van der Waals surface area contributed by atoms with Crippen LogP contribution in [0.3, 0.4) is 0 Å². The topological polar surface area (TPSA) is 46.9 Å². The largest absolute Gasteiger partial charge is 0.408 e. The van der Waals surface area contributed by atoms with E-state index in [4.69, 9.17) is 11.6 Å². The van der Waals surface area contributed by atoms with Crippen LogP contribution in [0.1, 0.15) is 32.6 Å². The molecule has 1 aliphatic carbocycles. The van der Waals surface area contributed by atoms with Crippen molar-refractivity contribution in [3.63, 3.8) is 0 Å². The standard InChI is InChI=1S/C12H15ClF3N3O/c1-2-11(4-3-5-11)18-8-6-17-19(7-12(14,15)16)10(20)9(8)13/h6,18H,2-5,7H2,1H3. The van der Waals surface area contributed by atoms with Gasteiger partial charge in [0.2, 0.25) is 0 Å². The molecule has 0 amide bonds. The summed E-state index contributed by atoms with van der Waals surface area (Å²) in [4.78, 5) is 11.8. The van der Waals surface area contributed by atoms with Crippen LogP contribution in [0.2, 0.25) is 5.02 Å². The van der Waals surface area contributed by atoms with E-state index in [1.165, 1.54) is 6.20 Å². The molecule has 0 saturated heterocycles. The van der Waals surface area contributed by atoms with Crippen molar-refractivity contribution in [2.45, 2.75) is 50.9 Å². The second kappa shape index (κ2) is 5.27. The summed E-state index contributed by atoms with van der Waals surface area (Å²) in [6.07, 6.45) is 0.516. The van der Waals surface area contributed by atoms with Gasteiger partial charge in [0.15, 0.2) is 0 Å². The molecule has 0 unspecified atom stereocenters. The lowest BCUT2D eigenvalue weighted by molar-refractivity contribution is -0.143. The summed E-state index contributed by atoms with van der Waals surface area (Å²) in [7, 11) is 0. The molecule has 0 atom stereocenters. The van der Waals surface area contributed by atoms with Crippen molar-refractivity contribution in [2.75, 3.05) is 5.32 Å². The SMILES string of the molecule is CCC1(Nc2cnn(CC(F)(F)F)c(=O)c2Cl)CCC1. The van der Waals surface area contributed by atoms with Crippen LogP contribution in [0.25, 0.3) is 0 Å². The molecule has 1 N–H and O–H groups in total. The van der Waals surface area contributed by atoms with Gasteiger partial charge in [-0.1, -0.05) is 18.5 Å². The summed E-state index contributed by atoms with van der Waals surface area (Å²) in [5.41, 5.74) is -0.746. The minimum Gasteiger partial charge on any atom is -0.377 e. The summed E-state index contributed by atoms with van der Waals surface area (Å²) >= 11 is 5.87. The molecule has 4 nitrogen and oxygen atoms in total. The van der Waals surface area contributed by atoms with E-state index in [2.05, 4.69) is 10.4 Å². The Hall–Kier alpha value is -1.24. The summed E-state index contributed by atoms with van der Waals surface area (Å²) in [5.74, 6) is 0. The smallest absolute Gasteiger partial charge is 0.377 e. The highest BCUT2D eigenvalue weighted by atomic mass is 35.5. The molecule has 0 radical (unpaired) electrons. The first-order valence-corrected chi connectivity index (χ1v) is 6.75. The van der Waals surface area contributed by atoms with Gasteiger partial charge in [0, 0.05) is 5.54 Å². The lowest BCUT2D eigenvalue weighted by Gasteiger charge is -2.42. The quantitative estimate of drug-likeness (QED) is 0.929. The Morgan fingerprint density at radius 2 is 2.15 bits per heavy atom. The zero-order valence-electron chi connectivity index (χ0n) is 10.9. The maximum atomic E-state index is 12.3. The molecule has 1 aromatic rings. The molecule has 1 saturated carbocycles. The van der Waals surface area contributed by atoms with E-state index in [-0.39, 0.29) is 10.6 Å². The van der Waals surface area contributed by atoms with Crippen molar-refractivity contribution in [2.24, 2.45) is 0 Å².